The van der Waals surface area contributed by atoms with Gasteiger partial charge in [-0.15, -0.1) is 23.2 Å². The average molecular weight is 549 g/mol. The van der Waals surface area contributed by atoms with Crippen molar-refractivity contribution >= 4 is 34.0 Å². The van der Waals surface area contributed by atoms with Crippen LogP contribution in [0.25, 0.3) is 10.8 Å². The van der Waals surface area contributed by atoms with Gasteiger partial charge in [0.2, 0.25) is 0 Å². The van der Waals surface area contributed by atoms with Crippen LogP contribution in [0.5, 0.6) is 11.5 Å². The molecule has 0 heterocycles. The van der Waals surface area contributed by atoms with Crippen LogP contribution >= 0.6 is 23.2 Å². The van der Waals surface area contributed by atoms with Gasteiger partial charge in [0.25, 0.3) is 0 Å². The number of rotatable bonds is 24. The molecule has 10 heteroatoms. The van der Waals surface area contributed by atoms with Crippen molar-refractivity contribution < 1.29 is 37.9 Å². The quantitative estimate of drug-likeness (QED) is 0.143. The van der Waals surface area contributed by atoms with E-state index in [0.29, 0.717) is 104 Å². The smallest absolute Gasteiger partial charge is 0.127 e. The Bertz CT molecular complexity index is 796. The highest BCUT2D eigenvalue weighted by atomic mass is 35.5. The number of hydrogen-bond donors (Lipinski definition) is 0. The van der Waals surface area contributed by atoms with Gasteiger partial charge in [-0.25, -0.2) is 0 Å². The van der Waals surface area contributed by atoms with E-state index in [1.54, 1.807) is 0 Å². The summed E-state index contributed by atoms with van der Waals surface area (Å²) in [6, 6.07) is 11.9. The van der Waals surface area contributed by atoms with Gasteiger partial charge in [-0.05, 0) is 29.7 Å². The predicted octanol–water partition coefficient (Wildman–Crippen LogP) is 4.17. The second-order valence-corrected chi connectivity index (χ2v) is 8.14. The molecule has 204 valence electrons. The molecule has 0 unspecified atom stereocenters. The normalized spacial score (nSPS) is 11.3. The Hall–Kier alpha value is -1.36. The van der Waals surface area contributed by atoms with Gasteiger partial charge in [0, 0.05) is 17.1 Å². The maximum atomic E-state index is 5.92. The van der Waals surface area contributed by atoms with E-state index in [0.717, 1.165) is 22.3 Å². The number of alkyl halides is 2. The topological polar surface area (TPSA) is 73.8 Å². The maximum absolute atomic E-state index is 5.92. The van der Waals surface area contributed by atoms with Crippen molar-refractivity contribution in [2.24, 2.45) is 0 Å². The first-order valence-electron chi connectivity index (χ1n) is 12.2. The zero-order valence-corrected chi connectivity index (χ0v) is 22.3. The second-order valence-electron chi connectivity index (χ2n) is 7.39. The summed E-state index contributed by atoms with van der Waals surface area (Å²) in [6.07, 6.45) is 0. The van der Waals surface area contributed by atoms with Crippen molar-refractivity contribution in [2.75, 3.05) is 104 Å². The van der Waals surface area contributed by atoms with E-state index in [1.165, 1.54) is 0 Å². The minimum absolute atomic E-state index is 0.456. The zero-order chi connectivity index (χ0) is 25.5. The molecule has 0 saturated heterocycles. The third kappa shape index (κ3) is 14.4. The summed E-state index contributed by atoms with van der Waals surface area (Å²) in [4.78, 5) is 0. The van der Waals surface area contributed by atoms with Gasteiger partial charge in [0.05, 0.1) is 79.3 Å². The monoisotopic (exact) mass is 548 g/mol. The molecule has 0 N–H and O–H groups in total. The molecule has 0 aromatic heterocycles. The highest BCUT2D eigenvalue weighted by molar-refractivity contribution is 6.18. The van der Waals surface area contributed by atoms with Crippen molar-refractivity contribution in [3.63, 3.8) is 0 Å². The molecule has 0 fully saturated rings. The van der Waals surface area contributed by atoms with Crippen molar-refractivity contribution in [1.82, 2.24) is 0 Å². The molecular weight excluding hydrogens is 511 g/mol. The van der Waals surface area contributed by atoms with Gasteiger partial charge in [-0.2, -0.15) is 0 Å². The van der Waals surface area contributed by atoms with Crippen molar-refractivity contribution in [3.05, 3.63) is 36.4 Å². The van der Waals surface area contributed by atoms with E-state index in [9.17, 15) is 0 Å². The van der Waals surface area contributed by atoms with E-state index in [4.69, 9.17) is 61.1 Å². The van der Waals surface area contributed by atoms with Crippen LogP contribution in [0, 0.1) is 0 Å². The molecule has 0 bridgehead atoms. The first-order valence-corrected chi connectivity index (χ1v) is 13.3. The van der Waals surface area contributed by atoms with Crippen LogP contribution in [-0.2, 0) is 28.4 Å². The Balaban J connectivity index is 1.55. The van der Waals surface area contributed by atoms with Crippen LogP contribution < -0.4 is 9.47 Å². The average Bonchev–Trinajstić information content (AvgIpc) is 2.90. The first kappa shape index (κ1) is 30.9. The predicted molar refractivity (Wildman–Crippen MR) is 141 cm³/mol. The van der Waals surface area contributed by atoms with E-state index >= 15 is 0 Å². The number of fused-ring (bicyclic) bond motifs is 1. The van der Waals surface area contributed by atoms with Gasteiger partial charge < -0.3 is 37.9 Å². The first-order chi connectivity index (χ1) is 17.8. The summed E-state index contributed by atoms with van der Waals surface area (Å²) in [5, 5.41) is 2.06. The lowest BCUT2D eigenvalue weighted by Crippen LogP contribution is -2.13. The van der Waals surface area contributed by atoms with Crippen molar-refractivity contribution in [1.29, 1.82) is 0 Å². The molecule has 8 nitrogen and oxygen atoms in total. The van der Waals surface area contributed by atoms with Gasteiger partial charge in [0.15, 0.2) is 0 Å². The summed E-state index contributed by atoms with van der Waals surface area (Å²) in [5.74, 6) is 2.59. The number of halogens is 2. The Morgan fingerprint density at radius 2 is 0.944 bits per heavy atom. The van der Waals surface area contributed by atoms with Gasteiger partial charge in [0.1, 0.15) is 24.7 Å². The fourth-order valence-electron chi connectivity index (χ4n) is 3.07. The summed E-state index contributed by atoms with van der Waals surface area (Å²) in [6.45, 7) is 7.18. The van der Waals surface area contributed by atoms with Crippen LogP contribution in [0.2, 0.25) is 0 Å². The van der Waals surface area contributed by atoms with Crippen LogP contribution in [-0.4, -0.2) is 104 Å². The van der Waals surface area contributed by atoms with Gasteiger partial charge in [-0.3, -0.25) is 0 Å². The molecule has 2 aromatic rings. The lowest BCUT2D eigenvalue weighted by molar-refractivity contribution is 0.0116. The minimum atomic E-state index is 0.456. The Labute approximate surface area is 223 Å². The minimum Gasteiger partial charge on any atom is -0.491 e. The van der Waals surface area contributed by atoms with E-state index in [1.807, 2.05) is 36.4 Å². The highest BCUT2D eigenvalue weighted by Crippen LogP contribution is 2.28. The van der Waals surface area contributed by atoms with Crippen LogP contribution in [0.15, 0.2) is 36.4 Å². The Morgan fingerprint density at radius 1 is 0.472 bits per heavy atom. The van der Waals surface area contributed by atoms with Crippen molar-refractivity contribution in [2.45, 2.75) is 0 Å². The molecule has 36 heavy (non-hydrogen) atoms. The number of hydrogen-bond acceptors (Lipinski definition) is 8. The second kappa shape index (κ2) is 21.7. The molecule has 0 aliphatic heterocycles. The maximum Gasteiger partial charge on any atom is 0.127 e. The molecule has 0 aliphatic carbocycles. The summed E-state index contributed by atoms with van der Waals surface area (Å²) in [5.41, 5.74) is 0. The standard InChI is InChI=1S/C26H38Cl2O8/c27-6-8-29-10-12-31-14-16-33-18-20-35-24-4-5-25-23(22-24)2-1-3-26(25)36-21-19-34-17-15-32-13-11-30-9-7-28/h1-5,22H,6-21H2. The summed E-state index contributed by atoms with van der Waals surface area (Å²) in [7, 11) is 0. The third-order valence-electron chi connectivity index (χ3n) is 4.72. The van der Waals surface area contributed by atoms with Crippen LogP contribution in [0.3, 0.4) is 0 Å². The molecule has 0 amide bonds. The molecule has 0 spiro atoms. The fraction of sp³-hybridized carbons (Fsp3) is 0.615. The Morgan fingerprint density at radius 3 is 1.47 bits per heavy atom. The molecular formula is C26H38Cl2O8. The third-order valence-corrected chi connectivity index (χ3v) is 5.03. The lowest BCUT2D eigenvalue weighted by Gasteiger charge is -2.12. The summed E-state index contributed by atoms with van der Waals surface area (Å²) >= 11 is 11.1. The lowest BCUT2D eigenvalue weighted by atomic mass is 10.1. The van der Waals surface area contributed by atoms with Gasteiger partial charge >= 0.3 is 0 Å². The van der Waals surface area contributed by atoms with Crippen molar-refractivity contribution in [3.8, 4) is 11.5 Å². The van der Waals surface area contributed by atoms with E-state index < -0.39 is 0 Å². The van der Waals surface area contributed by atoms with E-state index in [-0.39, 0.29) is 0 Å². The van der Waals surface area contributed by atoms with Crippen LogP contribution in [0.1, 0.15) is 0 Å². The van der Waals surface area contributed by atoms with E-state index in [2.05, 4.69) is 0 Å². The molecule has 0 saturated carbocycles. The van der Waals surface area contributed by atoms with Gasteiger partial charge in [-0.1, -0.05) is 12.1 Å². The SMILES string of the molecule is ClCCOCCOCCOCCOc1ccc2c(OCCOCCOCCOCCCl)cccc2c1. The molecule has 0 radical (unpaired) electrons. The summed E-state index contributed by atoms with van der Waals surface area (Å²) < 4.78 is 44.1. The fourth-order valence-corrected chi connectivity index (χ4v) is 3.29. The highest BCUT2D eigenvalue weighted by Gasteiger charge is 2.04. The molecule has 2 rings (SSSR count). The molecule has 0 atom stereocenters. The zero-order valence-electron chi connectivity index (χ0n) is 20.8. The molecule has 0 aliphatic rings. The Kier molecular flexibility index (Phi) is 18.6. The molecule has 2 aromatic carbocycles. The largest absolute Gasteiger partial charge is 0.491 e. The van der Waals surface area contributed by atoms with Crippen LogP contribution in [0.4, 0.5) is 0 Å². The number of ether oxygens (including phenoxy) is 8. The number of benzene rings is 2.